The molecule has 3 aromatic heterocycles. The van der Waals surface area contributed by atoms with Gasteiger partial charge in [-0.25, -0.2) is 0 Å². The van der Waals surface area contributed by atoms with Crippen LogP contribution >= 0.6 is 0 Å². The summed E-state index contributed by atoms with van der Waals surface area (Å²) in [5.41, 5.74) is 3.93. The minimum Gasteiger partial charge on any atom is -0.493 e. The van der Waals surface area contributed by atoms with E-state index in [9.17, 15) is 0 Å². The van der Waals surface area contributed by atoms with Crippen molar-refractivity contribution < 1.29 is 32.8 Å². The molecule has 198 valence electrons. The van der Waals surface area contributed by atoms with E-state index in [-0.39, 0.29) is 0 Å². The molecule has 0 atom stereocenters. The molecule has 6 rings (SSSR count). The van der Waals surface area contributed by atoms with Gasteiger partial charge in [-0.15, -0.1) is 0 Å². The predicted octanol–water partition coefficient (Wildman–Crippen LogP) is 5.70. The standard InChI is InChI=1S/C31H29N2O6/c1-34-23-8-7-20(15-24(23)35-2)29-30-21-16-27(38-5)25(36-3)13-18(21)9-12-33(30)31-22-17-28(39-6)26(37-4)14-19(22)10-11-32(29)31/h7-17H,1-6H3/q+1. The summed E-state index contributed by atoms with van der Waals surface area (Å²) < 4.78 is 38.1. The number of rotatable bonds is 7. The molecular weight excluding hydrogens is 496 g/mol. The summed E-state index contributed by atoms with van der Waals surface area (Å²) in [6.45, 7) is 0. The normalized spacial score (nSPS) is 11.3. The van der Waals surface area contributed by atoms with Crippen molar-refractivity contribution in [2.24, 2.45) is 0 Å². The molecule has 0 unspecified atom stereocenters. The monoisotopic (exact) mass is 525 g/mol. The Hall–Kier alpha value is -4.85. The van der Waals surface area contributed by atoms with Crippen molar-refractivity contribution in [3.63, 3.8) is 0 Å². The third-order valence-corrected chi connectivity index (χ3v) is 7.23. The first-order valence-corrected chi connectivity index (χ1v) is 12.4. The first-order chi connectivity index (χ1) is 19.1. The van der Waals surface area contributed by atoms with Gasteiger partial charge in [-0.05, 0) is 59.3 Å². The molecule has 0 amide bonds. The predicted molar refractivity (Wildman–Crippen MR) is 150 cm³/mol. The summed E-state index contributed by atoms with van der Waals surface area (Å²) in [4.78, 5) is 0. The van der Waals surface area contributed by atoms with Gasteiger partial charge in [-0.1, -0.05) is 0 Å². The number of nitrogens with zero attached hydrogens (tertiary/aromatic N) is 2. The molecular formula is C31H29N2O6+. The van der Waals surface area contributed by atoms with Crippen molar-refractivity contribution in [3.8, 4) is 45.8 Å². The number of ether oxygens (including phenoxy) is 6. The molecule has 0 bridgehead atoms. The quantitative estimate of drug-likeness (QED) is 0.249. The Labute approximate surface area is 225 Å². The van der Waals surface area contributed by atoms with Crippen LogP contribution in [0.25, 0.3) is 44.0 Å². The van der Waals surface area contributed by atoms with E-state index in [1.54, 1.807) is 42.7 Å². The molecule has 0 saturated heterocycles. The highest BCUT2D eigenvalue weighted by atomic mass is 16.5. The zero-order valence-corrected chi connectivity index (χ0v) is 22.7. The topological polar surface area (TPSA) is 63.9 Å². The number of hydrogen-bond donors (Lipinski definition) is 0. The van der Waals surface area contributed by atoms with E-state index in [1.807, 2.05) is 42.5 Å². The zero-order chi connectivity index (χ0) is 27.3. The number of aromatic nitrogens is 2. The van der Waals surface area contributed by atoms with Crippen molar-refractivity contribution in [1.82, 2.24) is 4.40 Å². The average molecular weight is 526 g/mol. The summed E-state index contributed by atoms with van der Waals surface area (Å²) in [5.74, 6) is 3.98. The number of methoxy groups -OCH3 is 6. The van der Waals surface area contributed by atoms with E-state index in [0.717, 1.165) is 44.0 Å². The highest BCUT2D eigenvalue weighted by Gasteiger charge is 2.28. The van der Waals surface area contributed by atoms with Gasteiger partial charge in [0, 0.05) is 17.0 Å². The second kappa shape index (κ2) is 9.47. The SMILES string of the molecule is COc1ccc(-c2c3c4cc(OC)c(OC)cc4ccn3c3c4cc(OC)c(OC)cc4cc[n+]23)cc1OC. The smallest absolute Gasteiger partial charge is 0.300 e. The van der Waals surface area contributed by atoms with Crippen molar-refractivity contribution in [2.45, 2.75) is 0 Å². The molecule has 0 aliphatic carbocycles. The van der Waals surface area contributed by atoms with Gasteiger partial charge in [0.1, 0.15) is 0 Å². The number of benzene rings is 3. The minimum absolute atomic E-state index is 0.648. The molecule has 0 aliphatic heterocycles. The van der Waals surface area contributed by atoms with Crippen LogP contribution in [0.2, 0.25) is 0 Å². The van der Waals surface area contributed by atoms with E-state index >= 15 is 0 Å². The summed E-state index contributed by atoms with van der Waals surface area (Å²) >= 11 is 0. The minimum atomic E-state index is 0.648. The largest absolute Gasteiger partial charge is 0.493 e. The Kier molecular flexibility index (Phi) is 5.95. The van der Waals surface area contributed by atoms with Crippen molar-refractivity contribution in [2.75, 3.05) is 42.7 Å². The molecule has 6 aromatic rings. The van der Waals surface area contributed by atoms with Crippen LogP contribution < -0.4 is 32.8 Å². The van der Waals surface area contributed by atoms with Crippen LogP contribution in [-0.2, 0) is 0 Å². The third-order valence-electron chi connectivity index (χ3n) is 7.23. The number of hydrogen-bond acceptors (Lipinski definition) is 6. The second-order valence-electron chi connectivity index (χ2n) is 9.05. The Morgan fingerprint density at radius 3 is 1.69 bits per heavy atom. The van der Waals surface area contributed by atoms with Crippen molar-refractivity contribution in [3.05, 3.63) is 67.0 Å². The fourth-order valence-corrected chi connectivity index (χ4v) is 5.40. The van der Waals surface area contributed by atoms with E-state index in [1.165, 1.54) is 0 Å². The van der Waals surface area contributed by atoms with Crippen LogP contribution in [0, 0.1) is 0 Å². The van der Waals surface area contributed by atoms with E-state index in [4.69, 9.17) is 28.4 Å². The van der Waals surface area contributed by atoms with Crippen LogP contribution in [0.15, 0.2) is 67.0 Å². The Bertz CT molecular complexity index is 1890. The lowest BCUT2D eigenvalue weighted by Crippen LogP contribution is -2.21. The van der Waals surface area contributed by atoms with Crippen LogP contribution in [0.3, 0.4) is 0 Å². The fourth-order valence-electron chi connectivity index (χ4n) is 5.40. The number of fused-ring (bicyclic) bond motifs is 7. The molecule has 8 nitrogen and oxygen atoms in total. The fraction of sp³-hybridized carbons (Fsp3) is 0.194. The lowest BCUT2D eigenvalue weighted by molar-refractivity contribution is -0.496. The summed E-state index contributed by atoms with van der Waals surface area (Å²) in [6, 6.07) is 18.2. The highest BCUT2D eigenvalue weighted by molar-refractivity contribution is 6.06. The molecule has 0 fully saturated rings. The molecule has 3 heterocycles. The Balaban J connectivity index is 1.83. The molecule has 0 saturated carbocycles. The average Bonchev–Trinajstić information content (AvgIpc) is 3.34. The Morgan fingerprint density at radius 2 is 1.08 bits per heavy atom. The van der Waals surface area contributed by atoms with Gasteiger partial charge in [0.15, 0.2) is 45.7 Å². The van der Waals surface area contributed by atoms with Gasteiger partial charge < -0.3 is 28.4 Å². The number of imidazole rings is 1. The van der Waals surface area contributed by atoms with Crippen LogP contribution in [-0.4, -0.2) is 47.1 Å². The van der Waals surface area contributed by atoms with Gasteiger partial charge in [0.25, 0.3) is 5.65 Å². The lowest BCUT2D eigenvalue weighted by Gasteiger charge is -2.10. The lowest BCUT2D eigenvalue weighted by atomic mass is 10.0. The maximum absolute atomic E-state index is 5.70. The van der Waals surface area contributed by atoms with E-state index in [2.05, 4.69) is 33.3 Å². The molecule has 0 aliphatic rings. The molecule has 0 spiro atoms. The Morgan fingerprint density at radius 1 is 0.538 bits per heavy atom. The van der Waals surface area contributed by atoms with Crippen LogP contribution in [0.5, 0.6) is 34.5 Å². The van der Waals surface area contributed by atoms with Crippen molar-refractivity contribution >= 4 is 32.7 Å². The summed E-state index contributed by atoms with van der Waals surface area (Å²) in [6.07, 6.45) is 4.16. The maximum Gasteiger partial charge on any atom is 0.300 e. The first-order valence-electron chi connectivity index (χ1n) is 12.4. The van der Waals surface area contributed by atoms with Gasteiger partial charge in [-0.3, -0.25) is 0 Å². The molecule has 0 N–H and O–H groups in total. The summed E-state index contributed by atoms with van der Waals surface area (Å²) in [5, 5.41) is 4.07. The van der Waals surface area contributed by atoms with Gasteiger partial charge in [0.05, 0.1) is 60.4 Å². The van der Waals surface area contributed by atoms with E-state index in [0.29, 0.717) is 34.5 Å². The maximum atomic E-state index is 5.70. The third kappa shape index (κ3) is 3.63. The molecule has 0 radical (unpaired) electrons. The van der Waals surface area contributed by atoms with Crippen molar-refractivity contribution in [1.29, 1.82) is 0 Å². The van der Waals surface area contributed by atoms with Crippen LogP contribution in [0.1, 0.15) is 0 Å². The summed E-state index contributed by atoms with van der Waals surface area (Å²) in [7, 11) is 9.87. The molecule has 8 heteroatoms. The zero-order valence-electron chi connectivity index (χ0n) is 22.7. The molecule has 3 aromatic carbocycles. The number of pyridine rings is 2. The molecule has 39 heavy (non-hydrogen) atoms. The van der Waals surface area contributed by atoms with Gasteiger partial charge >= 0.3 is 0 Å². The highest BCUT2D eigenvalue weighted by Crippen LogP contribution is 2.41. The van der Waals surface area contributed by atoms with Gasteiger partial charge in [0.2, 0.25) is 0 Å². The van der Waals surface area contributed by atoms with Gasteiger partial charge in [-0.2, -0.15) is 8.80 Å². The second-order valence-corrected chi connectivity index (χ2v) is 9.05. The van der Waals surface area contributed by atoms with E-state index < -0.39 is 0 Å². The van der Waals surface area contributed by atoms with Crippen LogP contribution in [0.4, 0.5) is 0 Å². The first kappa shape index (κ1) is 24.5.